The summed E-state index contributed by atoms with van der Waals surface area (Å²) in [7, 11) is 0. The van der Waals surface area contributed by atoms with Gasteiger partial charge in [0.25, 0.3) is 0 Å². The standard InChI is InChI=1S/C19H19F4N3O/c20-17-2-1-7-24-18(17)12-25-10-14-8-15(11-25)26(14)9-13-3-5-16(6-4-13)27-19(21,22)23/h1-7,14-15H,8-12H2. The number of rotatable bonds is 5. The molecule has 3 aliphatic heterocycles. The Labute approximate surface area is 154 Å². The normalized spacial score (nSPS) is 23.1. The Morgan fingerprint density at radius 3 is 2.37 bits per heavy atom. The van der Waals surface area contributed by atoms with Gasteiger partial charge in [0.05, 0.1) is 5.69 Å². The van der Waals surface area contributed by atoms with E-state index in [0.717, 1.165) is 25.1 Å². The fourth-order valence-corrected chi connectivity index (χ4v) is 3.92. The molecule has 4 nitrogen and oxygen atoms in total. The Kier molecular flexibility index (Phi) is 4.77. The molecule has 0 saturated carbocycles. The first-order valence-electron chi connectivity index (χ1n) is 8.79. The molecule has 4 heterocycles. The number of hydrogen-bond donors (Lipinski definition) is 0. The smallest absolute Gasteiger partial charge is 0.406 e. The van der Waals surface area contributed by atoms with Crippen molar-refractivity contribution in [3.63, 3.8) is 0 Å². The van der Waals surface area contributed by atoms with Gasteiger partial charge in [-0.2, -0.15) is 0 Å². The number of benzene rings is 1. The SMILES string of the molecule is Fc1cccnc1CN1CC2CC(C1)N2Cc1ccc(OC(F)(F)F)cc1. The van der Waals surface area contributed by atoms with Crippen LogP contribution in [-0.2, 0) is 13.1 Å². The molecule has 0 amide bonds. The third kappa shape index (κ3) is 4.22. The van der Waals surface area contributed by atoms with Crippen molar-refractivity contribution < 1.29 is 22.3 Å². The van der Waals surface area contributed by atoms with Crippen LogP contribution in [0.5, 0.6) is 5.75 Å². The van der Waals surface area contributed by atoms with Gasteiger partial charge in [-0.3, -0.25) is 14.8 Å². The summed E-state index contributed by atoms with van der Waals surface area (Å²) >= 11 is 0. The first kappa shape index (κ1) is 18.2. The van der Waals surface area contributed by atoms with Gasteiger partial charge in [-0.05, 0) is 36.2 Å². The molecule has 2 aromatic rings. The average Bonchev–Trinajstić information content (AvgIpc) is 2.62. The number of nitrogens with zero attached hydrogens (tertiary/aromatic N) is 3. The number of pyridine rings is 1. The summed E-state index contributed by atoms with van der Waals surface area (Å²) in [6.07, 6.45) is -1.98. The zero-order valence-electron chi connectivity index (χ0n) is 14.5. The first-order chi connectivity index (χ1) is 12.9. The maximum Gasteiger partial charge on any atom is 0.573 e. The molecule has 3 aliphatic rings. The molecule has 5 rings (SSSR count). The zero-order chi connectivity index (χ0) is 19.0. The van der Waals surface area contributed by atoms with Crippen LogP contribution in [0.1, 0.15) is 17.7 Å². The molecule has 1 aromatic heterocycles. The maximum absolute atomic E-state index is 13.8. The van der Waals surface area contributed by atoms with Gasteiger partial charge in [0.2, 0.25) is 0 Å². The monoisotopic (exact) mass is 381 g/mol. The summed E-state index contributed by atoms with van der Waals surface area (Å²) in [4.78, 5) is 8.67. The van der Waals surface area contributed by atoms with E-state index in [2.05, 4.69) is 19.5 Å². The number of ether oxygens (including phenoxy) is 1. The lowest BCUT2D eigenvalue weighted by atomic mass is 9.86. The molecular weight excluding hydrogens is 362 g/mol. The van der Waals surface area contributed by atoms with Crippen LogP contribution in [-0.4, -0.2) is 46.3 Å². The highest BCUT2D eigenvalue weighted by atomic mass is 19.4. The fraction of sp³-hybridized carbons (Fsp3) is 0.421. The molecule has 2 atom stereocenters. The third-order valence-corrected chi connectivity index (χ3v) is 5.15. The second-order valence-electron chi connectivity index (χ2n) is 7.03. The highest BCUT2D eigenvalue weighted by Crippen LogP contribution is 2.34. The number of alkyl halides is 3. The first-order valence-corrected chi connectivity index (χ1v) is 8.79. The van der Waals surface area contributed by atoms with Gasteiger partial charge in [0.15, 0.2) is 0 Å². The van der Waals surface area contributed by atoms with E-state index in [-0.39, 0.29) is 11.6 Å². The van der Waals surface area contributed by atoms with Gasteiger partial charge in [-0.1, -0.05) is 12.1 Å². The quantitative estimate of drug-likeness (QED) is 0.741. The van der Waals surface area contributed by atoms with E-state index >= 15 is 0 Å². The summed E-state index contributed by atoms with van der Waals surface area (Å²) in [6, 6.07) is 9.77. The van der Waals surface area contributed by atoms with Crippen molar-refractivity contribution in [3.05, 3.63) is 59.7 Å². The molecule has 27 heavy (non-hydrogen) atoms. The Hall–Kier alpha value is -2.19. The van der Waals surface area contributed by atoms with Gasteiger partial charge >= 0.3 is 6.36 Å². The summed E-state index contributed by atoms with van der Waals surface area (Å²) in [5.74, 6) is -0.492. The van der Waals surface area contributed by atoms with E-state index in [1.165, 1.54) is 18.2 Å². The van der Waals surface area contributed by atoms with Gasteiger partial charge in [-0.15, -0.1) is 13.2 Å². The third-order valence-electron chi connectivity index (χ3n) is 5.15. The van der Waals surface area contributed by atoms with Crippen LogP contribution in [0.25, 0.3) is 0 Å². The second-order valence-corrected chi connectivity index (χ2v) is 7.03. The van der Waals surface area contributed by atoms with Crippen molar-refractivity contribution in [2.24, 2.45) is 0 Å². The number of halogens is 4. The molecule has 1 aromatic carbocycles. The lowest BCUT2D eigenvalue weighted by molar-refractivity contribution is -0.274. The number of aromatic nitrogens is 1. The number of piperidine rings is 1. The van der Waals surface area contributed by atoms with E-state index in [4.69, 9.17) is 0 Å². The largest absolute Gasteiger partial charge is 0.573 e. The summed E-state index contributed by atoms with van der Waals surface area (Å²) in [6.45, 7) is 2.86. The van der Waals surface area contributed by atoms with Crippen molar-refractivity contribution >= 4 is 0 Å². The van der Waals surface area contributed by atoms with E-state index < -0.39 is 6.36 Å². The van der Waals surface area contributed by atoms with Crippen LogP contribution in [0.15, 0.2) is 42.6 Å². The summed E-state index contributed by atoms with van der Waals surface area (Å²) in [5.41, 5.74) is 1.41. The fourth-order valence-electron chi connectivity index (χ4n) is 3.92. The highest BCUT2D eigenvalue weighted by molar-refractivity contribution is 5.28. The van der Waals surface area contributed by atoms with Crippen LogP contribution in [0.2, 0.25) is 0 Å². The van der Waals surface area contributed by atoms with Crippen LogP contribution >= 0.6 is 0 Å². The van der Waals surface area contributed by atoms with E-state index in [0.29, 0.717) is 30.9 Å². The van der Waals surface area contributed by atoms with Crippen molar-refractivity contribution in [1.29, 1.82) is 0 Å². The molecule has 8 heteroatoms. The van der Waals surface area contributed by atoms with E-state index in [9.17, 15) is 17.6 Å². The molecular formula is C19H19F4N3O. The van der Waals surface area contributed by atoms with Crippen LogP contribution in [0.3, 0.4) is 0 Å². The Morgan fingerprint density at radius 1 is 1.04 bits per heavy atom. The lowest BCUT2D eigenvalue weighted by Gasteiger charge is -2.56. The molecule has 0 radical (unpaired) electrons. The predicted molar refractivity (Wildman–Crippen MR) is 90.3 cm³/mol. The van der Waals surface area contributed by atoms with Crippen molar-refractivity contribution in [3.8, 4) is 5.75 Å². The van der Waals surface area contributed by atoms with E-state index in [1.54, 1.807) is 24.4 Å². The minimum atomic E-state index is -4.67. The Bertz CT molecular complexity index is 784. The van der Waals surface area contributed by atoms with E-state index in [1.807, 2.05) is 0 Å². The van der Waals surface area contributed by atoms with Crippen LogP contribution in [0.4, 0.5) is 17.6 Å². The molecule has 0 spiro atoms. The molecule has 0 aliphatic carbocycles. The molecule has 2 bridgehead atoms. The minimum absolute atomic E-state index is 0.210. The van der Waals surface area contributed by atoms with Crippen molar-refractivity contribution in [1.82, 2.24) is 14.8 Å². The lowest BCUT2D eigenvalue weighted by Crippen LogP contribution is -2.67. The Balaban J connectivity index is 1.32. The minimum Gasteiger partial charge on any atom is -0.406 e. The number of hydrogen-bond acceptors (Lipinski definition) is 4. The van der Waals surface area contributed by atoms with Gasteiger partial charge < -0.3 is 4.74 Å². The van der Waals surface area contributed by atoms with Gasteiger partial charge in [0, 0.05) is 44.5 Å². The van der Waals surface area contributed by atoms with Crippen LogP contribution in [0, 0.1) is 5.82 Å². The Morgan fingerprint density at radius 2 is 1.74 bits per heavy atom. The molecule has 3 saturated heterocycles. The molecule has 0 N–H and O–H groups in total. The van der Waals surface area contributed by atoms with Gasteiger partial charge in [-0.25, -0.2) is 4.39 Å². The van der Waals surface area contributed by atoms with Gasteiger partial charge in [0.1, 0.15) is 11.6 Å². The predicted octanol–water partition coefficient (Wildman–Crippen LogP) is 3.58. The van der Waals surface area contributed by atoms with Crippen molar-refractivity contribution in [2.75, 3.05) is 13.1 Å². The topological polar surface area (TPSA) is 28.6 Å². The zero-order valence-corrected chi connectivity index (χ0v) is 14.5. The maximum atomic E-state index is 13.8. The van der Waals surface area contributed by atoms with Crippen molar-refractivity contribution in [2.45, 2.75) is 38.0 Å². The summed E-state index contributed by atoms with van der Waals surface area (Å²) < 4.78 is 54.4. The average molecular weight is 381 g/mol. The second kappa shape index (κ2) is 7.09. The van der Waals surface area contributed by atoms with Crippen LogP contribution < -0.4 is 4.74 Å². The molecule has 2 unspecified atom stereocenters. The number of fused-ring (bicyclic) bond motifs is 2. The highest BCUT2D eigenvalue weighted by Gasteiger charge is 2.44. The molecule has 3 fully saturated rings. The summed E-state index contributed by atoms with van der Waals surface area (Å²) in [5, 5.41) is 0. The molecule has 144 valence electrons. The number of piperazine rings is 1.